The lowest BCUT2D eigenvalue weighted by atomic mass is 9.99. The van der Waals surface area contributed by atoms with Crippen molar-refractivity contribution in [2.45, 2.75) is 71.2 Å². The second-order valence-electron chi connectivity index (χ2n) is 6.03. The first-order valence-electron chi connectivity index (χ1n) is 7.96. The van der Waals surface area contributed by atoms with Crippen LogP contribution in [0, 0.1) is 5.92 Å². The Kier molecular flexibility index (Phi) is 8.31. The van der Waals surface area contributed by atoms with Crippen LogP contribution in [0.4, 0.5) is 0 Å². The number of ether oxygens (including phenoxy) is 5. The van der Waals surface area contributed by atoms with Gasteiger partial charge in [-0.25, -0.2) is 0 Å². The summed E-state index contributed by atoms with van der Waals surface area (Å²) < 4.78 is 28.1. The van der Waals surface area contributed by atoms with Gasteiger partial charge in [-0.2, -0.15) is 0 Å². The van der Waals surface area contributed by atoms with Gasteiger partial charge in [0.05, 0.1) is 6.10 Å². The van der Waals surface area contributed by atoms with Crippen LogP contribution in [0.1, 0.15) is 40.5 Å². The normalized spacial score (nSPS) is 32.2. The van der Waals surface area contributed by atoms with Crippen LogP contribution in [0.15, 0.2) is 0 Å². The van der Waals surface area contributed by atoms with Crippen molar-refractivity contribution in [1.29, 1.82) is 0 Å². The number of rotatable bonds is 8. The van der Waals surface area contributed by atoms with Gasteiger partial charge in [-0.1, -0.05) is 20.8 Å². The molecule has 0 unspecified atom stereocenters. The fourth-order valence-electron chi connectivity index (χ4n) is 2.60. The van der Waals surface area contributed by atoms with E-state index in [-0.39, 0.29) is 30.2 Å². The molecule has 0 spiro atoms. The lowest BCUT2D eigenvalue weighted by Gasteiger charge is -2.43. The summed E-state index contributed by atoms with van der Waals surface area (Å²) in [6.07, 6.45) is -0.916. The zero-order chi connectivity index (χ0) is 16.7. The van der Waals surface area contributed by atoms with Crippen molar-refractivity contribution in [2.75, 3.05) is 20.8 Å². The van der Waals surface area contributed by atoms with Crippen LogP contribution < -0.4 is 0 Å². The molecule has 6 nitrogen and oxygen atoms in total. The minimum Gasteiger partial charge on any atom is -0.433 e. The third kappa shape index (κ3) is 5.19. The molecular formula is C16H30O6. The van der Waals surface area contributed by atoms with E-state index in [1.54, 1.807) is 14.2 Å². The molecule has 1 aliphatic rings. The van der Waals surface area contributed by atoms with Crippen molar-refractivity contribution in [3.8, 4) is 0 Å². The van der Waals surface area contributed by atoms with Gasteiger partial charge in [0, 0.05) is 27.2 Å². The summed E-state index contributed by atoms with van der Waals surface area (Å²) in [7, 11) is 3.17. The highest BCUT2D eigenvalue weighted by molar-refractivity contribution is 5.69. The maximum Gasteiger partial charge on any atom is 0.308 e. The van der Waals surface area contributed by atoms with Gasteiger partial charge in [-0.15, -0.1) is 0 Å². The van der Waals surface area contributed by atoms with E-state index in [9.17, 15) is 4.79 Å². The van der Waals surface area contributed by atoms with Gasteiger partial charge in [0.25, 0.3) is 0 Å². The quantitative estimate of drug-likeness (QED) is 0.639. The topological polar surface area (TPSA) is 63.2 Å². The summed E-state index contributed by atoms with van der Waals surface area (Å²) in [4.78, 5) is 11.9. The van der Waals surface area contributed by atoms with Gasteiger partial charge >= 0.3 is 5.97 Å². The highest BCUT2D eigenvalue weighted by Gasteiger charge is 2.47. The Balaban J connectivity index is 2.81. The van der Waals surface area contributed by atoms with E-state index in [1.165, 1.54) is 0 Å². The van der Waals surface area contributed by atoms with Gasteiger partial charge < -0.3 is 23.7 Å². The predicted octanol–water partition coefficient (Wildman–Crippen LogP) is 2.15. The average molecular weight is 318 g/mol. The van der Waals surface area contributed by atoms with Gasteiger partial charge in [-0.3, -0.25) is 4.79 Å². The molecule has 1 heterocycles. The van der Waals surface area contributed by atoms with Crippen LogP contribution in [-0.2, 0) is 28.5 Å². The van der Waals surface area contributed by atoms with E-state index in [0.29, 0.717) is 13.0 Å². The summed E-state index contributed by atoms with van der Waals surface area (Å²) in [5.74, 6) is -0.0623. The Hall–Kier alpha value is -0.690. The molecule has 6 heteroatoms. The van der Waals surface area contributed by atoms with Crippen LogP contribution in [0.3, 0.4) is 0 Å². The Morgan fingerprint density at radius 2 is 1.77 bits per heavy atom. The number of hydrogen-bond acceptors (Lipinski definition) is 6. The van der Waals surface area contributed by atoms with Crippen LogP contribution in [0.2, 0.25) is 0 Å². The Morgan fingerprint density at radius 1 is 1.14 bits per heavy atom. The first kappa shape index (κ1) is 19.4. The number of esters is 1. The van der Waals surface area contributed by atoms with E-state index in [4.69, 9.17) is 23.7 Å². The maximum atomic E-state index is 11.9. The first-order valence-corrected chi connectivity index (χ1v) is 7.96. The molecule has 1 fully saturated rings. The van der Waals surface area contributed by atoms with Gasteiger partial charge in [0.2, 0.25) is 6.29 Å². The van der Waals surface area contributed by atoms with Gasteiger partial charge in [0.15, 0.2) is 0 Å². The van der Waals surface area contributed by atoms with E-state index >= 15 is 0 Å². The molecule has 0 radical (unpaired) electrons. The van der Waals surface area contributed by atoms with Gasteiger partial charge in [0.1, 0.15) is 18.3 Å². The summed E-state index contributed by atoms with van der Waals surface area (Å²) in [6, 6.07) is 0. The standard InChI is InChI=1S/C16H30O6/c1-7-8-20-14-13(18-5)11(4)21-16(15(14)19-6)22-12(17)9-10(2)3/h10-11,13-16H,7-9H2,1-6H3/t11-,13-,14+,15+,16-/m0/s1. The summed E-state index contributed by atoms with van der Waals surface area (Å²) in [5.41, 5.74) is 0. The lowest BCUT2D eigenvalue weighted by molar-refractivity contribution is -0.300. The molecule has 5 atom stereocenters. The fourth-order valence-corrected chi connectivity index (χ4v) is 2.60. The van der Waals surface area contributed by atoms with Crippen molar-refractivity contribution in [3.05, 3.63) is 0 Å². The Labute approximate surface area is 133 Å². The zero-order valence-electron chi connectivity index (χ0n) is 14.5. The largest absolute Gasteiger partial charge is 0.433 e. The van der Waals surface area contributed by atoms with Gasteiger partial charge in [-0.05, 0) is 19.3 Å². The van der Waals surface area contributed by atoms with Crippen LogP contribution >= 0.6 is 0 Å². The van der Waals surface area contributed by atoms with Crippen LogP contribution in [0.5, 0.6) is 0 Å². The van der Waals surface area contributed by atoms with Crippen LogP contribution in [-0.4, -0.2) is 57.5 Å². The van der Waals surface area contributed by atoms with Crippen molar-refractivity contribution in [3.63, 3.8) is 0 Å². The third-order valence-corrected chi connectivity index (χ3v) is 3.61. The molecule has 0 aromatic heterocycles. The minimum atomic E-state index is -0.778. The minimum absolute atomic E-state index is 0.230. The molecule has 0 N–H and O–H groups in total. The lowest BCUT2D eigenvalue weighted by Crippen LogP contribution is -2.60. The molecule has 130 valence electrons. The monoisotopic (exact) mass is 318 g/mol. The maximum absolute atomic E-state index is 11.9. The predicted molar refractivity (Wildman–Crippen MR) is 81.5 cm³/mol. The SMILES string of the molecule is CCCO[C@@H]1[C@@H](OC)[C@H](C)O[C@@H](OC(=O)CC(C)C)[C@@H]1OC. The van der Waals surface area contributed by atoms with E-state index < -0.39 is 12.4 Å². The molecule has 0 saturated carbocycles. The van der Waals surface area contributed by atoms with Crippen molar-refractivity contribution in [1.82, 2.24) is 0 Å². The molecule has 0 aromatic carbocycles. The second-order valence-corrected chi connectivity index (χ2v) is 6.03. The van der Waals surface area contributed by atoms with Crippen molar-refractivity contribution >= 4 is 5.97 Å². The highest BCUT2D eigenvalue weighted by Crippen LogP contribution is 2.28. The first-order chi connectivity index (χ1) is 10.4. The molecule has 0 aliphatic carbocycles. The summed E-state index contributed by atoms with van der Waals surface area (Å²) in [6.45, 7) is 8.43. The molecule has 1 aliphatic heterocycles. The van der Waals surface area contributed by atoms with Crippen LogP contribution in [0.25, 0.3) is 0 Å². The molecule has 0 aromatic rings. The van der Waals surface area contributed by atoms with E-state index in [1.807, 2.05) is 27.7 Å². The molecule has 1 saturated heterocycles. The number of carbonyl (C=O) groups excluding carboxylic acids is 1. The molecule has 22 heavy (non-hydrogen) atoms. The molecular weight excluding hydrogens is 288 g/mol. The van der Waals surface area contributed by atoms with E-state index in [0.717, 1.165) is 6.42 Å². The molecule has 1 rings (SSSR count). The Morgan fingerprint density at radius 3 is 2.27 bits per heavy atom. The zero-order valence-corrected chi connectivity index (χ0v) is 14.5. The number of carbonyl (C=O) groups is 1. The third-order valence-electron chi connectivity index (χ3n) is 3.61. The number of methoxy groups -OCH3 is 2. The summed E-state index contributed by atoms with van der Waals surface area (Å²) >= 11 is 0. The fraction of sp³-hybridized carbons (Fsp3) is 0.938. The number of hydrogen-bond donors (Lipinski definition) is 0. The molecule has 0 amide bonds. The second kappa shape index (κ2) is 9.45. The van der Waals surface area contributed by atoms with Crippen molar-refractivity contribution < 1.29 is 28.5 Å². The average Bonchev–Trinajstić information content (AvgIpc) is 2.43. The molecule has 0 bridgehead atoms. The van der Waals surface area contributed by atoms with E-state index in [2.05, 4.69) is 0 Å². The highest BCUT2D eigenvalue weighted by atomic mass is 16.7. The summed E-state index contributed by atoms with van der Waals surface area (Å²) in [5, 5.41) is 0. The smallest absolute Gasteiger partial charge is 0.308 e. The Bertz CT molecular complexity index is 333. The van der Waals surface area contributed by atoms with Crippen molar-refractivity contribution in [2.24, 2.45) is 5.92 Å².